The number of amides is 4. The SMILES string of the molecule is CCc1ccc(N2C(=O)NC(=O)/C(=C\c3cc(C)n(-c4ccc([N+](=O)[O-])cc4C)c3C)C2=O)cc1. The second-order valence-electron chi connectivity index (χ2n) is 8.37. The molecule has 4 amide bonds. The number of barbiturate groups is 1. The van der Waals surface area contributed by atoms with Gasteiger partial charge in [-0.3, -0.25) is 25.0 Å². The van der Waals surface area contributed by atoms with Crippen LogP contribution >= 0.6 is 0 Å². The summed E-state index contributed by atoms with van der Waals surface area (Å²) < 4.78 is 1.91. The summed E-state index contributed by atoms with van der Waals surface area (Å²) >= 11 is 0. The van der Waals surface area contributed by atoms with Crippen LogP contribution in [0.2, 0.25) is 0 Å². The molecule has 1 N–H and O–H groups in total. The maximum atomic E-state index is 13.2. The van der Waals surface area contributed by atoms with Gasteiger partial charge in [0.05, 0.1) is 10.6 Å². The minimum absolute atomic E-state index is 0.00254. The second-order valence-corrected chi connectivity index (χ2v) is 8.37. The van der Waals surface area contributed by atoms with E-state index in [4.69, 9.17) is 0 Å². The molecule has 0 atom stereocenters. The largest absolute Gasteiger partial charge is 0.335 e. The van der Waals surface area contributed by atoms with E-state index in [-0.39, 0.29) is 11.3 Å². The van der Waals surface area contributed by atoms with E-state index in [1.165, 1.54) is 18.2 Å². The van der Waals surface area contributed by atoms with Crippen LogP contribution in [-0.4, -0.2) is 27.3 Å². The number of nitrogens with zero attached hydrogens (tertiary/aromatic N) is 3. The van der Waals surface area contributed by atoms with Gasteiger partial charge in [0.25, 0.3) is 17.5 Å². The van der Waals surface area contributed by atoms with Crippen molar-refractivity contribution in [2.24, 2.45) is 0 Å². The maximum absolute atomic E-state index is 13.2. The van der Waals surface area contributed by atoms with Crippen LogP contribution in [0.25, 0.3) is 11.8 Å². The highest BCUT2D eigenvalue weighted by molar-refractivity contribution is 6.39. The van der Waals surface area contributed by atoms with Crippen LogP contribution in [0.1, 0.15) is 35.0 Å². The maximum Gasteiger partial charge on any atom is 0.335 e. The number of nitro groups is 1. The number of anilines is 1. The van der Waals surface area contributed by atoms with Gasteiger partial charge in [-0.05, 0) is 74.2 Å². The number of nitro benzene ring substituents is 1. The lowest BCUT2D eigenvalue weighted by atomic mass is 10.1. The van der Waals surface area contributed by atoms with Crippen LogP contribution in [0.4, 0.5) is 16.2 Å². The van der Waals surface area contributed by atoms with E-state index >= 15 is 0 Å². The zero-order chi connectivity index (χ0) is 25.4. The average molecular weight is 473 g/mol. The van der Waals surface area contributed by atoms with Gasteiger partial charge in [0.15, 0.2) is 0 Å². The molecular formula is C26H24N4O5. The van der Waals surface area contributed by atoms with E-state index in [1.807, 2.05) is 43.5 Å². The normalized spacial score (nSPS) is 15.0. The Balaban J connectivity index is 1.74. The Morgan fingerprint density at radius 2 is 1.69 bits per heavy atom. The van der Waals surface area contributed by atoms with Crippen LogP contribution in [0, 0.1) is 30.9 Å². The monoisotopic (exact) mass is 472 g/mol. The highest BCUT2D eigenvalue weighted by Gasteiger charge is 2.37. The van der Waals surface area contributed by atoms with Crippen molar-refractivity contribution >= 4 is 35.3 Å². The van der Waals surface area contributed by atoms with E-state index in [0.29, 0.717) is 16.8 Å². The Kier molecular flexibility index (Phi) is 6.09. The molecule has 0 aliphatic carbocycles. The van der Waals surface area contributed by atoms with Crippen LogP contribution in [0.5, 0.6) is 0 Å². The molecule has 178 valence electrons. The molecule has 0 unspecified atom stereocenters. The third-order valence-corrected chi connectivity index (χ3v) is 6.11. The smallest absolute Gasteiger partial charge is 0.318 e. The fourth-order valence-electron chi connectivity index (χ4n) is 4.24. The summed E-state index contributed by atoms with van der Waals surface area (Å²) in [6.45, 7) is 7.48. The predicted molar refractivity (Wildman–Crippen MR) is 131 cm³/mol. The molecule has 0 spiro atoms. The molecular weight excluding hydrogens is 448 g/mol. The minimum Gasteiger partial charge on any atom is -0.318 e. The predicted octanol–water partition coefficient (Wildman–Crippen LogP) is 4.54. The van der Waals surface area contributed by atoms with Gasteiger partial charge in [-0.15, -0.1) is 0 Å². The van der Waals surface area contributed by atoms with Crippen molar-refractivity contribution in [3.63, 3.8) is 0 Å². The molecule has 1 aromatic heterocycles. The van der Waals surface area contributed by atoms with Crippen molar-refractivity contribution in [1.29, 1.82) is 0 Å². The van der Waals surface area contributed by atoms with Gasteiger partial charge in [-0.2, -0.15) is 0 Å². The summed E-state index contributed by atoms with van der Waals surface area (Å²) in [4.78, 5) is 49.9. The molecule has 2 heterocycles. The van der Waals surface area contributed by atoms with Gasteiger partial charge in [-0.25, -0.2) is 9.69 Å². The number of carbonyl (C=O) groups is 3. The van der Waals surface area contributed by atoms with Crippen LogP contribution in [-0.2, 0) is 16.0 Å². The van der Waals surface area contributed by atoms with Crippen LogP contribution in [0.3, 0.4) is 0 Å². The first-order valence-corrected chi connectivity index (χ1v) is 11.1. The number of carbonyl (C=O) groups excluding carboxylic acids is 3. The first kappa shape index (κ1) is 23.6. The molecule has 9 heteroatoms. The number of nitrogens with one attached hydrogen (secondary N) is 1. The van der Waals surface area contributed by atoms with Crippen LogP contribution in [0.15, 0.2) is 54.1 Å². The van der Waals surface area contributed by atoms with Gasteiger partial charge in [0, 0.05) is 29.2 Å². The molecule has 2 aromatic carbocycles. The lowest BCUT2D eigenvalue weighted by Crippen LogP contribution is -2.54. The number of non-ortho nitro benzene ring substituents is 1. The number of aryl methyl sites for hydroxylation is 3. The zero-order valence-corrected chi connectivity index (χ0v) is 19.8. The highest BCUT2D eigenvalue weighted by atomic mass is 16.6. The summed E-state index contributed by atoms with van der Waals surface area (Å²) in [5.74, 6) is -1.47. The summed E-state index contributed by atoms with van der Waals surface area (Å²) in [6, 6.07) is 12.6. The Labute approximate surface area is 201 Å². The number of benzene rings is 2. The molecule has 9 nitrogen and oxygen atoms in total. The molecule has 35 heavy (non-hydrogen) atoms. The molecule has 3 aromatic rings. The average Bonchev–Trinajstić information content (AvgIpc) is 3.09. The van der Waals surface area contributed by atoms with Gasteiger partial charge in [-0.1, -0.05) is 19.1 Å². The topological polar surface area (TPSA) is 115 Å². The molecule has 1 fully saturated rings. The van der Waals surface area contributed by atoms with Crippen molar-refractivity contribution in [3.05, 3.63) is 92.3 Å². The van der Waals surface area contributed by atoms with Gasteiger partial charge < -0.3 is 4.57 Å². The number of hydrogen-bond acceptors (Lipinski definition) is 5. The second kappa shape index (κ2) is 9.02. The number of urea groups is 1. The lowest BCUT2D eigenvalue weighted by molar-refractivity contribution is -0.384. The number of rotatable bonds is 5. The number of hydrogen-bond donors (Lipinski definition) is 1. The Hall–Kier alpha value is -4.53. The number of imide groups is 2. The summed E-state index contributed by atoms with van der Waals surface area (Å²) in [6.07, 6.45) is 2.28. The molecule has 0 bridgehead atoms. The minimum atomic E-state index is -0.798. The molecule has 4 rings (SSSR count). The fraction of sp³-hybridized carbons (Fsp3) is 0.192. The summed E-state index contributed by atoms with van der Waals surface area (Å²) in [5.41, 5.74) is 4.90. The van der Waals surface area contributed by atoms with E-state index in [9.17, 15) is 24.5 Å². The van der Waals surface area contributed by atoms with Gasteiger partial charge in [0.2, 0.25) is 0 Å². The Bertz CT molecular complexity index is 1420. The molecule has 1 saturated heterocycles. The van der Waals surface area contributed by atoms with E-state index < -0.39 is 22.8 Å². The Morgan fingerprint density at radius 1 is 1.00 bits per heavy atom. The first-order valence-electron chi connectivity index (χ1n) is 11.1. The highest BCUT2D eigenvalue weighted by Crippen LogP contribution is 2.28. The van der Waals surface area contributed by atoms with Gasteiger partial charge in [0.1, 0.15) is 5.57 Å². The van der Waals surface area contributed by atoms with E-state index in [2.05, 4.69) is 5.32 Å². The lowest BCUT2D eigenvalue weighted by Gasteiger charge is -2.26. The molecule has 1 aliphatic heterocycles. The van der Waals surface area contributed by atoms with Crippen molar-refractivity contribution in [3.8, 4) is 5.69 Å². The van der Waals surface area contributed by atoms with E-state index in [0.717, 1.165) is 34.0 Å². The molecule has 1 aliphatic rings. The third-order valence-electron chi connectivity index (χ3n) is 6.11. The standard InChI is InChI=1S/C26H24N4O5/c1-5-18-6-8-20(9-7-18)29-25(32)22(24(31)27-26(29)33)14-19-13-16(3)28(17(19)4)23-11-10-21(30(34)35)12-15(23)2/h6-14H,5H2,1-4H3,(H,27,31,33)/b22-14+. The van der Waals surface area contributed by atoms with Crippen molar-refractivity contribution in [2.45, 2.75) is 34.1 Å². The quantitative estimate of drug-likeness (QED) is 0.253. The molecule has 0 saturated carbocycles. The Morgan fingerprint density at radius 3 is 2.29 bits per heavy atom. The summed E-state index contributed by atoms with van der Waals surface area (Å²) in [5, 5.41) is 13.3. The van der Waals surface area contributed by atoms with Crippen molar-refractivity contribution in [2.75, 3.05) is 4.90 Å². The molecule has 0 radical (unpaired) electrons. The first-order chi connectivity index (χ1) is 16.6. The fourth-order valence-corrected chi connectivity index (χ4v) is 4.24. The third kappa shape index (κ3) is 4.23. The van der Waals surface area contributed by atoms with Crippen molar-refractivity contribution < 1.29 is 19.3 Å². The van der Waals surface area contributed by atoms with Crippen LogP contribution < -0.4 is 10.2 Å². The van der Waals surface area contributed by atoms with Gasteiger partial charge >= 0.3 is 6.03 Å². The number of aromatic nitrogens is 1. The van der Waals surface area contributed by atoms with E-state index in [1.54, 1.807) is 25.1 Å². The van der Waals surface area contributed by atoms with Crippen molar-refractivity contribution in [1.82, 2.24) is 9.88 Å². The summed E-state index contributed by atoms with van der Waals surface area (Å²) in [7, 11) is 0. The zero-order valence-electron chi connectivity index (χ0n) is 19.8.